The van der Waals surface area contributed by atoms with Gasteiger partial charge in [-0.05, 0) is 24.6 Å². The molecule has 1 aromatic heterocycles. The number of nitrogens with zero attached hydrogens (tertiary/aromatic N) is 1. The van der Waals surface area contributed by atoms with Gasteiger partial charge in [0.15, 0.2) is 0 Å². The van der Waals surface area contributed by atoms with Gasteiger partial charge in [-0.1, -0.05) is 63.9 Å². The number of amides is 1. The van der Waals surface area contributed by atoms with Gasteiger partial charge in [-0.2, -0.15) is 5.10 Å². The van der Waals surface area contributed by atoms with E-state index >= 15 is 0 Å². The normalized spacial score (nSPS) is 11.7. The van der Waals surface area contributed by atoms with Crippen LogP contribution in [0.25, 0.3) is 10.1 Å². The van der Waals surface area contributed by atoms with E-state index in [9.17, 15) is 4.79 Å². The molecule has 1 heterocycles. The van der Waals surface area contributed by atoms with Gasteiger partial charge < -0.3 is 0 Å². The van der Waals surface area contributed by atoms with Crippen molar-refractivity contribution in [2.45, 2.75) is 6.92 Å². The third-order valence-electron chi connectivity index (χ3n) is 3.31. The first kappa shape index (κ1) is 16.2. The average Bonchev–Trinajstić information content (AvgIpc) is 2.89. The first-order valence-electron chi connectivity index (χ1n) is 6.84. The fraction of sp³-hybridized carbons (Fsp3) is 0.0588. The van der Waals surface area contributed by atoms with Crippen LogP contribution in [0.2, 0.25) is 5.02 Å². The number of halogens is 2. The van der Waals surface area contributed by atoms with Gasteiger partial charge in [0.25, 0.3) is 5.91 Å². The number of hydrazone groups is 1. The second kappa shape index (κ2) is 6.83. The van der Waals surface area contributed by atoms with Crippen LogP contribution in [-0.4, -0.2) is 11.6 Å². The summed E-state index contributed by atoms with van der Waals surface area (Å²) in [6, 6.07) is 15.4. The lowest BCUT2D eigenvalue weighted by Crippen LogP contribution is -2.18. The molecule has 0 bridgehead atoms. The third kappa shape index (κ3) is 3.47. The van der Waals surface area contributed by atoms with Crippen molar-refractivity contribution in [1.29, 1.82) is 0 Å². The maximum atomic E-state index is 12.4. The summed E-state index contributed by atoms with van der Waals surface area (Å²) in [5.41, 5.74) is 4.27. The minimum atomic E-state index is -0.303. The Kier molecular flexibility index (Phi) is 4.80. The number of fused-ring (bicyclic) bond motifs is 1. The van der Waals surface area contributed by atoms with Crippen molar-refractivity contribution in [3.05, 3.63) is 68.5 Å². The Morgan fingerprint density at radius 1 is 1.22 bits per heavy atom. The van der Waals surface area contributed by atoms with Gasteiger partial charge in [0, 0.05) is 14.6 Å². The molecule has 0 aliphatic carbocycles. The number of hydrogen-bond donors (Lipinski definition) is 1. The van der Waals surface area contributed by atoms with E-state index in [-0.39, 0.29) is 5.91 Å². The van der Waals surface area contributed by atoms with Gasteiger partial charge in [0.1, 0.15) is 4.88 Å². The van der Waals surface area contributed by atoms with Crippen molar-refractivity contribution in [1.82, 2.24) is 5.43 Å². The van der Waals surface area contributed by atoms with E-state index in [1.807, 2.05) is 55.5 Å². The number of thiophene rings is 1. The van der Waals surface area contributed by atoms with Crippen LogP contribution < -0.4 is 5.43 Å². The van der Waals surface area contributed by atoms with Crippen molar-refractivity contribution < 1.29 is 4.79 Å². The van der Waals surface area contributed by atoms with Crippen LogP contribution in [0.3, 0.4) is 0 Å². The lowest BCUT2D eigenvalue weighted by atomic mass is 10.1. The molecule has 0 saturated heterocycles. The molecule has 0 atom stereocenters. The second-order valence-corrected chi connectivity index (χ2v) is 7.24. The van der Waals surface area contributed by atoms with Crippen LogP contribution in [0.4, 0.5) is 0 Å². The molecule has 0 aliphatic rings. The second-order valence-electron chi connectivity index (χ2n) is 4.89. The summed E-state index contributed by atoms with van der Waals surface area (Å²) in [7, 11) is 0. The van der Waals surface area contributed by atoms with Crippen LogP contribution in [0.15, 0.2) is 58.1 Å². The van der Waals surface area contributed by atoms with Crippen LogP contribution in [-0.2, 0) is 0 Å². The van der Waals surface area contributed by atoms with E-state index in [4.69, 9.17) is 11.6 Å². The number of nitrogens with one attached hydrogen (secondary N) is 1. The molecule has 0 unspecified atom stereocenters. The summed E-state index contributed by atoms with van der Waals surface area (Å²) in [5, 5.41) is 5.49. The number of carbonyl (C=O) groups is 1. The Balaban J connectivity index is 1.85. The minimum Gasteiger partial charge on any atom is -0.266 e. The quantitative estimate of drug-likeness (QED) is 0.454. The molecule has 0 saturated carbocycles. The number of carbonyl (C=O) groups excluding carboxylic acids is 1. The molecule has 1 N–H and O–H groups in total. The SMILES string of the molecule is C/C(=N\NC(=O)c1sc2cc(Br)ccc2c1Cl)c1ccccc1. The van der Waals surface area contributed by atoms with Gasteiger partial charge >= 0.3 is 0 Å². The van der Waals surface area contributed by atoms with Crippen molar-refractivity contribution in [3.8, 4) is 0 Å². The first-order chi connectivity index (χ1) is 11.1. The molecule has 0 spiro atoms. The molecule has 0 aliphatic heterocycles. The van der Waals surface area contributed by atoms with Crippen LogP contribution in [0.1, 0.15) is 22.2 Å². The van der Waals surface area contributed by atoms with E-state index < -0.39 is 0 Å². The Bertz CT molecular complexity index is 906. The summed E-state index contributed by atoms with van der Waals surface area (Å²) in [6.07, 6.45) is 0. The average molecular weight is 408 g/mol. The van der Waals surface area contributed by atoms with E-state index in [1.54, 1.807) is 0 Å². The topological polar surface area (TPSA) is 41.5 Å². The highest BCUT2D eigenvalue weighted by atomic mass is 79.9. The lowest BCUT2D eigenvalue weighted by Gasteiger charge is -2.02. The van der Waals surface area contributed by atoms with Crippen LogP contribution in [0, 0.1) is 0 Å². The van der Waals surface area contributed by atoms with Gasteiger partial charge in [-0.3, -0.25) is 4.79 Å². The minimum absolute atomic E-state index is 0.303. The molecule has 0 fully saturated rings. The van der Waals surface area contributed by atoms with Crippen molar-refractivity contribution in [2.75, 3.05) is 0 Å². The Hall–Kier alpha value is -1.69. The zero-order valence-corrected chi connectivity index (χ0v) is 15.3. The van der Waals surface area contributed by atoms with E-state index in [1.165, 1.54) is 11.3 Å². The predicted molar refractivity (Wildman–Crippen MR) is 101 cm³/mol. The van der Waals surface area contributed by atoms with E-state index in [2.05, 4.69) is 26.5 Å². The lowest BCUT2D eigenvalue weighted by molar-refractivity contribution is 0.0959. The maximum Gasteiger partial charge on any atom is 0.283 e. The molecular formula is C17H12BrClN2OS. The highest BCUT2D eigenvalue weighted by molar-refractivity contribution is 9.10. The largest absolute Gasteiger partial charge is 0.283 e. The molecule has 2 aromatic carbocycles. The monoisotopic (exact) mass is 406 g/mol. The Morgan fingerprint density at radius 2 is 1.96 bits per heavy atom. The molecule has 116 valence electrons. The fourth-order valence-corrected chi connectivity index (χ4v) is 4.07. The highest BCUT2D eigenvalue weighted by Crippen LogP contribution is 2.36. The molecule has 3 aromatic rings. The van der Waals surface area contributed by atoms with Crippen molar-refractivity contribution in [3.63, 3.8) is 0 Å². The van der Waals surface area contributed by atoms with E-state index in [0.29, 0.717) is 9.90 Å². The fourth-order valence-electron chi connectivity index (χ4n) is 2.11. The molecule has 1 amide bonds. The zero-order valence-electron chi connectivity index (χ0n) is 12.1. The van der Waals surface area contributed by atoms with Crippen LogP contribution in [0.5, 0.6) is 0 Å². The Morgan fingerprint density at radius 3 is 2.70 bits per heavy atom. The molecule has 23 heavy (non-hydrogen) atoms. The van der Waals surface area contributed by atoms with Gasteiger partial charge in [-0.15, -0.1) is 11.3 Å². The molecule has 3 rings (SSSR count). The smallest absolute Gasteiger partial charge is 0.266 e. The highest BCUT2D eigenvalue weighted by Gasteiger charge is 2.17. The zero-order chi connectivity index (χ0) is 16.4. The van der Waals surface area contributed by atoms with E-state index in [0.717, 1.165) is 25.8 Å². The Labute approximate surface area is 151 Å². The summed E-state index contributed by atoms with van der Waals surface area (Å²) in [5.74, 6) is -0.303. The van der Waals surface area contributed by atoms with Gasteiger partial charge in [0.2, 0.25) is 0 Å². The number of benzene rings is 2. The summed E-state index contributed by atoms with van der Waals surface area (Å²) >= 11 is 11.1. The van der Waals surface area contributed by atoms with Crippen molar-refractivity contribution in [2.24, 2.45) is 5.10 Å². The summed E-state index contributed by atoms with van der Waals surface area (Å²) < 4.78 is 1.91. The third-order valence-corrected chi connectivity index (χ3v) is 5.46. The molecule has 3 nitrogen and oxygen atoms in total. The maximum absolute atomic E-state index is 12.4. The number of rotatable bonds is 3. The molecular weight excluding hydrogens is 396 g/mol. The van der Waals surface area contributed by atoms with Gasteiger partial charge in [0.05, 0.1) is 10.7 Å². The summed E-state index contributed by atoms with van der Waals surface area (Å²) in [4.78, 5) is 12.8. The standard InChI is InChI=1S/C17H12BrClN2OS/c1-10(11-5-3-2-4-6-11)20-21-17(22)16-15(19)13-8-7-12(18)9-14(13)23-16/h2-9H,1H3,(H,21,22)/b20-10+. The van der Waals surface area contributed by atoms with Crippen molar-refractivity contribution >= 4 is 60.6 Å². The number of hydrogen-bond acceptors (Lipinski definition) is 3. The van der Waals surface area contributed by atoms with Crippen LogP contribution >= 0.6 is 38.9 Å². The first-order valence-corrected chi connectivity index (χ1v) is 8.82. The van der Waals surface area contributed by atoms with Gasteiger partial charge in [-0.25, -0.2) is 5.43 Å². The summed E-state index contributed by atoms with van der Waals surface area (Å²) in [6.45, 7) is 1.85. The molecule has 0 radical (unpaired) electrons. The molecule has 6 heteroatoms. The predicted octanol–water partition coefficient (Wildman–Crippen LogP) is 5.47.